The van der Waals surface area contributed by atoms with E-state index >= 15 is 0 Å². The highest BCUT2D eigenvalue weighted by Crippen LogP contribution is 2.43. The summed E-state index contributed by atoms with van der Waals surface area (Å²) in [5, 5.41) is 0. The van der Waals surface area contributed by atoms with E-state index in [4.69, 9.17) is 4.74 Å². The molecule has 2 atom stereocenters. The number of Topliss-reactive ketones (excluding diaryl/α,β-unsaturated/α-hetero) is 1. The average molecular weight is 246 g/mol. The number of ketones is 1. The number of hydrogen-bond acceptors (Lipinski definition) is 3. The van der Waals surface area contributed by atoms with Crippen LogP contribution in [0.5, 0.6) is 0 Å². The van der Waals surface area contributed by atoms with Gasteiger partial charge in [-0.05, 0) is 18.4 Å². The SMILES string of the molecule is COC(=O)[C@H]1CCC(=O)[C@]1(C)Cc1ccccc1. The number of carbonyl (C=O) groups is 2. The molecule has 96 valence electrons. The molecule has 1 aliphatic carbocycles. The number of ether oxygens (including phenoxy) is 1. The molecule has 0 saturated heterocycles. The molecule has 1 aromatic carbocycles. The van der Waals surface area contributed by atoms with E-state index in [-0.39, 0.29) is 17.7 Å². The van der Waals surface area contributed by atoms with Crippen molar-refractivity contribution in [1.29, 1.82) is 0 Å². The van der Waals surface area contributed by atoms with Crippen LogP contribution in [0.4, 0.5) is 0 Å². The molecule has 1 saturated carbocycles. The van der Waals surface area contributed by atoms with Crippen molar-refractivity contribution in [3.8, 4) is 0 Å². The minimum atomic E-state index is -0.617. The van der Waals surface area contributed by atoms with Crippen LogP contribution in [0.1, 0.15) is 25.3 Å². The molecule has 1 aromatic rings. The van der Waals surface area contributed by atoms with Crippen molar-refractivity contribution >= 4 is 11.8 Å². The first kappa shape index (κ1) is 12.8. The van der Waals surface area contributed by atoms with Crippen LogP contribution in [-0.4, -0.2) is 18.9 Å². The number of benzene rings is 1. The fourth-order valence-electron chi connectivity index (χ4n) is 2.84. The van der Waals surface area contributed by atoms with E-state index < -0.39 is 5.41 Å². The Hall–Kier alpha value is -1.64. The van der Waals surface area contributed by atoms with Gasteiger partial charge in [0.25, 0.3) is 0 Å². The third kappa shape index (κ3) is 2.17. The van der Waals surface area contributed by atoms with Crippen LogP contribution in [0.25, 0.3) is 0 Å². The van der Waals surface area contributed by atoms with Crippen molar-refractivity contribution in [3.05, 3.63) is 35.9 Å². The molecule has 3 nitrogen and oxygen atoms in total. The summed E-state index contributed by atoms with van der Waals surface area (Å²) in [4.78, 5) is 23.9. The summed E-state index contributed by atoms with van der Waals surface area (Å²) in [6, 6.07) is 9.83. The van der Waals surface area contributed by atoms with Gasteiger partial charge in [-0.3, -0.25) is 9.59 Å². The highest BCUT2D eigenvalue weighted by Gasteiger charge is 2.49. The minimum absolute atomic E-state index is 0.168. The van der Waals surface area contributed by atoms with Gasteiger partial charge in [0.2, 0.25) is 0 Å². The summed E-state index contributed by atoms with van der Waals surface area (Å²) in [5.74, 6) is -0.406. The summed E-state index contributed by atoms with van der Waals surface area (Å²) in [5.41, 5.74) is 0.471. The van der Waals surface area contributed by atoms with E-state index in [0.717, 1.165) is 5.56 Å². The zero-order valence-corrected chi connectivity index (χ0v) is 10.8. The maximum absolute atomic E-state index is 12.1. The molecule has 0 amide bonds. The second-order valence-corrected chi connectivity index (χ2v) is 5.12. The van der Waals surface area contributed by atoms with E-state index in [2.05, 4.69) is 0 Å². The van der Waals surface area contributed by atoms with Crippen molar-refractivity contribution in [2.24, 2.45) is 11.3 Å². The van der Waals surface area contributed by atoms with E-state index in [1.54, 1.807) is 0 Å². The van der Waals surface area contributed by atoms with Gasteiger partial charge in [0.15, 0.2) is 0 Å². The molecule has 0 bridgehead atoms. The standard InChI is InChI=1S/C15H18O3/c1-15(10-11-6-4-3-5-7-11)12(14(17)18-2)8-9-13(15)16/h3-7,12H,8-10H2,1-2H3/t12-,15-/m1/s1. The second kappa shape index (κ2) is 4.92. The van der Waals surface area contributed by atoms with Gasteiger partial charge in [0.05, 0.1) is 13.0 Å². The molecule has 0 unspecified atom stereocenters. The summed E-state index contributed by atoms with van der Waals surface area (Å²) in [7, 11) is 1.38. The molecule has 0 aromatic heterocycles. The third-order valence-corrected chi connectivity index (χ3v) is 3.97. The molecular formula is C15H18O3. The van der Waals surface area contributed by atoms with Gasteiger partial charge in [-0.2, -0.15) is 0 Å². The molecule has 0 heterocycles. The predicted octanol–water partition coefficient (Wildman–Crippen LogP) is 2.39. The number of methoxy groups -OCH3 is 1. The van der Waals surface area contributed by atoms with Crippen LogP contribution in [0.15, 0.2) is 30.3 Å². The monoisotopic (exact) mass is 246 g/mol. The molecule has 0 aliphatic heterocycles. The molecule has 0 N–H and O–H groups in total. The summed E-state index contributed by atoms with van der Waals surface area (Å²) < 4.78 is 4.82. The smallest absolute Gasteiger partial charge is 0.309 e. The quantitative estimate of drug-likeness (QED) is 0.769. The third-order valence-electron chi connectivity index (χ3n) is 3.97. The molecule has 3 heteroatoms. The fourth-order valence-corrected chi connectivity index (χ4v) is 2.84. The Morgan fingerprint density at radius 1 is 1.39 bits per heavy atom. The van der Waals surface area contributed by atoms with Gasteiger partial charge in [-0.1, -0.05) is 37.3 Å². The minimum Gasteiger partial charge on any atom is -0.469 e. The number of esters is 1. The van der Waals surface area contributed by atoms with Gasteiger partial charge in [-0.25, -0.2) is 0 Å². The largest absolute Gasteiger partial charge is 0.469 e. The normalized spacial score (nSPS) is 27.2. The molecule has 18 heavy (non-hydrogen) atoms. The van der Waals surface area contributed by atoms with Crippen LogP contribution in [0.2, 0.25) is 0 Å². The molecular weight excluding hydrogens is 228 g/mol. The first-order chi connectivity index (χ1) is 8.58. The Kier molecular flexibility index (Phi) is 3.50. The molecule has 1 aliphatic rings. The first-order valence-electron chi connectivity index (χ1n) is 6.23. The van der Waals surface area contributed by atoms with Crippen molar-refractivity contribution in [2.75, 3.05) is 7.11 Å². The Bertz CT molecular complexity index is 452. The molecule has 2 rings (SSSR count). The summed E-state index contributed by atoms with van der Waals surface area (Å²) >= 11 is 0. The van der Waals surface area contributed by atoms with E-state index in [9.17, 15) is 9.59 Å². The zero-order chi connectivity index (χ0) is 13.2. The van der Waals surface area contributed by atoms with Crippen molar-refractivity contribution in [2.45, 2.75) is 26.2 Å². The lowest BCUT2D eigenvalue weighted by atomic mass is 9.74. The Morgan fingerprint density at radius 2 is 2.06 bits per heavy atom. The van der Waals surface area contributed by atoms with E-state index in [1.807, 2.05) is 37.3 Å². The van der Waals surface area contributed by atoms with Crippen molar-refractivity contribution in [3.63, 3.8) is 0 Å². The van der Waals surface area contributed by atoms with Crippen LogP contribution in [0, 0.1) is 11.3 Å². The van der Waals surface area contributed by atoms with Gasteiger partial charge < -0.3 is 4.74 Å². The van der Waals surface area contributed by atoms with Crippen LogP contribution in [-0.2, 0) is 20.7 Å². The lowest BCUT2D eigenvalue weighted by Gasteiger charge is -2.28. The maximum Gasteiger partial charge on any atom is 0.309 e. The second-order valence-electron chi connectivity index (χ2n) is 5.12. The lowest BCUT2D eigenvalue weighted by Crippen LogP contribution is -2.36. The van der Waals surface area contributed by atoms with Gasteiger partial charge in [-0.15, -0.1) is 0 Å². The molecule has 1 fully saturated rings. The van der Waals surface area contributed by atoms with Gasteiger partial charge in [0.1, 0.15) is 5.78 Å². The van der Waals surface area contributed by atoms with E-state index in [1.165, 1.54) is 7.11 Å². The van der Waals surface area contributed by atoms with Crippen LogP contribution < -0.4 is 0 Å². The predicted molar refractivity (Wildman–Crippen MR) is 68.0 cm³/mol. The molecule has 0 spiro atoms. The summed E-state index contributed by atoms with van der Waals surface area (Å²) in [6.45, 7) is 1.89. The Labute approximate surface area is 107 Å². The average Bonchev–Trinajstić information content (AvgIpc) is 2.66. The number of carbonyl (C=O) groups excluding carboxylic acids is 2. The molecule has 0 radical (unpaired) electrons. The summed E-state index contributed by atoms with van der Waals surface area (Å²) in [6.07, 6.45) is 1.68. The van der Waals surface area contributed by atoms with Crippen LogP contribution >= 0.6 is 0 Å². The Morgan fingerprint density at radius 3 is 2.67 bits per heavy atom. The van der Waals surface area contributed by atoms with Crippen molar-refractivity contribution in [1.82, 2.24) is 0 Å². The topological polar surface area (TPSA) is 43.4 Å². The number of rotatable bonds is 3. The van der Waals surface area contributed by atoms with Crippen molar-refractivity contribution < 1.29 is 14.3 Å². The zero-order valence-electron chi connectivity index (χ0n) is 10.8. The maximum atomic E-state index is 12.1. The van der Waals surface area contributed by atoms with Gasteiger partial charge >= 0.3 is 5.97 Å². The highest BCUT2D eigenvalue weighted by molar-refractivity contribution is 5.93. The van der Waals surface area contributed by atoms with Gasteiger partial charge in [0, 0.05) is 11.8 Å². The highest BCUT2D eigenvalue weighted by atomic mass is 16.5. The number of hydrogen-bond donors (Lipinski definition) is 0. The fraction of sp³-hybridized carbons (Fsp3) is 0.467. The first-order valence-corrected chi connectivity index (χ1v) is 6.23. The lowest BCUT2D eigenvalue weighted by molar-refractivity contribution is -0.151. The van der Waals surface area contributed by atoms with E-state index in [0.29, 0.717) is 19.3 Å². The van der Waals surface area contributed by atoms with Crippen LogP contribution in [0.3, 0.4) is 0 Å². The Balaban J connectivity index is 2.26.